The minimum absolute atomic E-state index is 0.0543. The summed E-state index contributed by atoms with van der Waals surface area (Å²) in [6.45, 7) is 6.28. The lowest BCUT2D eigenvalue weighted by Gasteiger charge is -2.37. The molecule has 1 unspecified atom stereocenters. The van der Waals surface area contributed by atoms with Gasteiger partial charge in [0.25, 0.3) is 0 Å². The first-order valence-electron chi connectivity index (χ1n) is 6.60. The van der Waals surface area contributed by atoms with E-state index >= 15 is 0 Å². The Bertz CT molecular complexity index is 299. The van der Waals surface area contributed by atoms with Gasteiger partial charge in [-0.3, -0.25) is 9.59 Å². The molecule has 0 aromatic rings. The number of amides is 1. The summed E-state index contributed by atoms with van der Waals surface area (Å²) in [6, 6.07) is 0. The molecule has 1 aliphatic heterocycles. The Kier molecular flexibility index (Phi) is 5.59. The molecular formula is C13H24N2O3. The minimum atomic E-state index is -0.387. The van der Waals surface area contributed by atoms with Crippen LogP contribution in [0, 0.1) is 5.41 Å². The van der Waals surface area contributed by atoms with Gasteiger partial charge in [0.15, 0.2) is 0 Å². The number of carbonyl (C=O) groups is 2. The quantitative estimate of drug-likeness (QED) is 0.739. The molecule has 0 bridgehead atoms. The van der Waals surface area contributed by atoms with Crippen molar-refractivity contribution in [3.8, 4) is 0 Å². The van der Waals surface area contributed by atoms with Crippen molar-refractivity contribution >= 4 is 11.9 Å². The number of methoxy groups -OCH3 is 1. The van der Waals surface area contributed by atoms with Crippen molar-refractivity contribution in [2.75, 3.05) is 33.3 Å². The minimum Gasteiger partial charge on any atom is -0.468 e. The molecule has 104 valence electrons. The molecule has 1 fully saturated rings. The SMILES string of the molecule is CCCN(CC(=O)OC)C(=O)C1(C)CCCNC1. The molecule has 0 aromatic carbocycles. The maximum Gasteiger partial charge on any atom is 0.325 e. The molecule has 1 heterocycles. The van der Waals surface area contributed by atoms with Crippen LogP contribution in [0.15, 0.2) is 0 Å². The summed E-state index contributed by atoms with van der Waals surface area (Å²) in [7, 11) is 1.35. The van der Waals surface area contributed by atoms with Gasteiger partial charge in [0.1, 0.15) is 6.54 Å². The first kappa shape index (κ1) is 15.0. The molecule has 0 aliphatic carbocycles. The summed E-state index contributed by atoms with van der Waals surface area (Å²) in [5.74, 6) is -0.300. The number of hydrogen-bond acceptors (Lipinski definition) is 4. The van der Waals surface area contributed by atoms with Gasteiger partial charge in [-0.1, -0.05) is 6.92 Å². The number of carbonyl (C=O) groups excluding carboxylic acids is 2. The summed E-state index contributed by atoms with van der Waals surface area (Å²) < 4.78 is 4.65. The number of esters is 1. The summed E-state index contributed by atoms with van der Waals surface area (Å²) >= 11 is 0. The summed E-state index contributed by atoms with van der Waals surface area (Å²) in [6.07, 6.45) is 2.72. The van der Waals surface area contributed by atoms with Gasteiger partial charge >= 0.3 is 5.97 Å². The van der Waals surface area contributed by atoms with Crippen molar-refractivity contribution in [2.24, 2.45) is 5.41 Å². The number of rotatable bonds is 5. The van der Waals surface area contributed by atoms with Crippen molar-refractivity contribution < 1.29 is 14.3 Å². The molecule has 5 heteroatoms. The molecule has 1 rings (SSSR count). The summed E-state index contributed by atoms with van der Waals surface area (Å²) in [4.78, 5) is 25.5. The number of ether oxygens (including phenoxy) is 1. The Hall–Kier alpha value is -1.10. The highest BCUT2D eigenvalue weighted by molar-refractivity contribution is 5.86. The van der Waals surface area contributed by atoms with Crippen molar-refractivity contribution in [1.29, 1.82) is 0 Å². The van der Waals surface area contributed by atoms with Crippen LogP contribution in [-0.4, -0.2) is 50.1 Å². The number of nitrogens with one attached hydrogen (secondary N) is 1. The molecule has 1 atom stereocenters. The topological polar surface area (TPSA) is 58.6 Å². The normalized spacial score (nSPS) is 23.5. The van der Waals surface area contributed by atoms with E-state index in [0.717, 1.165) is 25.8 Å². The van der Waals surface area contributed by atoms with Crippen molar-refractivity contribution in [3.05, 3.63) is 0 Å². The number of hydrogen-bond donors (Lipinski definition) is 1. The van der Waals surface area contributed by atoms with E-state index in [1.165, 1.54) is 7.11 Å². The third-order valence-electron chi connectivity index (χ3n) is 3.44. The lowest BCUT2D eigenvalue weighted by molar-refractivity contribution is -0.151. The average molecular weight is 256 g/mol. The van der Waals surface area contributed by atoms with E-state index in [4.69, 9.17) is 0 Å². The zero-order chi connectivity index (χ0) is 13.6. The molecule has 0 saturated carbocycles. The molecule has 1 amide bonds. The Labute approximate surface area is 109 Å². The van der Waals surface area contributed by atoms with Crippen molar-refractivity contribution in [3.63, 3.8) is 0 Å². The number of piperidine rings is 1. The monoisotopic (exact) mass is 256 g/mol. The lowest BCUT2D eigenvalue weighted by Crippen LogP contribution is -2.51. The van der Waals surface area contributed by atoms with Crippen LogP contribution in [-0.2, 0) is 14.3 Å². The first-order chi connectivity index (χ1) is 8.53. The fourth-order valence-corrected chi connectivity index (χ4v) is 2.36. The lowest BCUT2D eigenvalue weighted by atomic mass is 9.81. The average Bonchev–Trinajstić information content (AvgIpc) is 2.38. The van der Waals surface area contributed by atoms with E-state index in [1.54, 1.807) is 4.90 Å². The Morgan fingerprint density at radius 3 is 2.67 bits per heavy atom. The molecular weight excluding hydrogens is 232 g/mol. The van der Waals surface area contributed by atoms with Crippen LogP contribution in [0.25, 0.3) is 0 Å². The fourth-order valence-electron chi connectivity index (χ4n) is 2.36. The van der Waals surface area contributed by atoms with Gasteiger partial charge in [0.05, 0.1) is 12.5 Å². The third-order valence-corrected chi connectivity index (χ3v) is 3.44. The van der Waals surface area contributed by atoms with E-state index < -0.39 is 0 Å². The van der Waals surface area contributed by atoms with Crippen LogP contribution >= 0.6 is 0 Å². The Morgan fingerprint density at radius 2 is 2.17 bits per heavy atom. The molecule has 0 radical (unpaired) electrons. The molecule has 0 spiro atoms. The van der Waals surface area contributed by atoms with Gasteiger partial charge < -0.3 is 15.0 Å². The van der Waals surface area contributed by atoms with Gasteiger partial charge in [-0.25, -0.2) is 0 Å². The van der Waals surface area contributed by atoms with E-state index in [2.05, 4.69) is 10.1 Å². The Morgan fingerprint density at radius 1 is 1.44 bits per heavy atom. The van der Waals surface area contributed by atoms with Crippen LogP contribution in [0.3, 0.4) is 0 Å². The van der Waals surface area contributed by atoms with E-state index in [9.17, 15) is 9.59 Å². The van der Waals surface area contributed by atoms with Gasteiger partial charge in [-0.15, -0.1) is 0 Å². The standard InChI is InChI=1S/C13H24N2O3/c1-4-8-15(9-11(16)18-3)12(17)13(2)6-5-7-14-10-13/h14H,4-10H2,1-3H3. The largest absolute Gasteiger partial charge is 0.468 e. The maximum atomic E-state index is 12.5. The molecule has 18 heavy (non-hydrogen) atoms. The van der Waals surface area contributed by atoms with Gasteiger partial charge in [0.2, 0.25) is 5.91 Å². The second-order valence-corrected chi connectivity index (χ2v) is 5.14. The zero-order valence-electron chi connectivity index (χ0n) is 11.6. The molecule has 1 N–H and O–H groups in total. The van der Waals surface area contributed by atoms with Gasteiger partial charge in [-0.2, -0.15) is 0 Å². The smallest absolute Gasteiger partial charge is 0.325 e. The molecule has 1 saturated heterocycles. The van der Waals surface area contributed by atoms with Gasteiger partial charge in [-0.05, 0) is 32.7 Å². The van der Waals surface area contributed by atoms with E-state index in [1.807, 2.05) is 13.8 Å². The Balaban J connectivity index is 2.71. The third kappa shape index (κ3) is 3.70. The molecule has 0 aromatic heterocycles. The fraction of sp³-hybridized carbons (Fsp3) is 0.846. The van der Waals surface area contributed by atoms with Crippen LogP contribution in [0.2, 0.25) is 0 Å². The van der Waals surface area contributed by atoms with Crippen molar-refractivity contribution in [1.82, 2.24) is 10.2 Å². The summed E-state index contributed by atoms with van der Waals surface area (Å²) in [5.41, 5.74) is -0.387. The highest BCUT2D eigenvalue weighted by atomic mass is 16.5. The van der Waals surface area contributed by atoms with Crippen molar-refractivity contribution in [2.45, 2.75) is 33.1 Å². The molecule has 1 aliphatic rings. The number of nitrogens with zero attached hydrogens (tertiary/aromatic N) is 1. The predicted octanol–water partition coefficient (Wildman–Crippen LogP) is 0.788. The van der Waals surface area contributed by atoms with E-state index in [0.29, 0.717) is 13.1 Å². The zero-order valence-corrected chi connectivity index (χ0v) is 11.6. The second-order valence-electron chi connectivity index (χ2n) is 5.14. The van der Waals surface area contributed by atoms with Crippen LogP contribution in [0.1, 0.15) is 33.1 Å². The van der Waals surface area contributed by atoms with Crippen LogP contribution < -0.4 is 5.32 Å². The van der Waals surface area contributed by atoms with Gasteiger partial charge in [0, 0.05) is 13.1 Å². The predicted molar refractivity (Wildman–Crippen MR) is 69.1 cm³/mol. The maximum absolute atomic E-state index is 12.5. The van der Waals surface area contributed by atoms with Crippen LogP contribution in [0.4, 0.5) is 0 Å². The summed E-state index contributed by atoms with van der Waals surface area (Å²) in [5, 5.41) is 3.26. The van der Waals surface area contributed by atoms with E-state index in [-0.39, 0.29) is 23.8 Å². The first-order valence-corrected chi connectivity index (χ1v) is 6.60. The highest BCUT2D eigenvalue weighted by Gasteiger charge is 2.38. The highest BCUT2D eigenvalue weighted by Crippen LogP contribution is 2.28. The van der Waals surface area contributed by atoms with Crippen LogP contribution in [0.5, 0.6) is 0 Å². The second kappa shape index (κ2) is 6.73. The molecule has 5 nitrogen and oxygen atoms in total.